The highest BCUT2D eigenvalue weighted by atomic mass is 35.5. The van der Waals surface area contributed by atoms with Gasteiger partial charge >= 0.3 is 0 Å². The topological polar surface area (TPSA) is 44.5 Å². The van der Waals surface area contributed by atoms with Gasteiger partial charge in [-0.3, -0.25) is 0 Å². The molecule has 0 aromatic heterocycles. The van der Waals surface area contributed by atoms with Crippen LogP contribution < -0.4 is 15.2 Å². The average molecular weight is 296 g/mol. The minimum atomic E-state index is -0.353. The maximum Gasteiger partial charge on any atom is 0.128 e. The van der Waals surface area contributed by atoms with Crippen LogP contribution in [-0.2, 0) is 0 Å². The number of hydrogen-bond acceptors (Lipinski definition) is 3. The van der Waals surface area contributed by atoms with E-state index in [0.29, 0.717) is 22.2 Å². The summed E-state index contributed by atoms with van der Waals surface area (Å²) < 4.78 is 24.1. The second-order valence-electron chi connectivity index (χ2n) is 4.33. The summed E-state index contributed by atoms with van der Waals surface area (Å²) in [6.07, 6.45) is -0.314. The average Bonchev–Trinajstić information content (AvgIpc) is 2.42. The van der Waals surface area contributed by atoms with Gasteiger partial charge in [-0.05, 0) is 31.2 Å². The molecule has 2 N–H and O–H groups in total. The zero-order chi connectivity index (χ0) is 14.7. The summed E-state index contributed by atoms with van der Waals surface area (Å²) >= 11 is 5.86. The molecule has 0 bridgehead atoms. The molecule has 0 radical (unpaired) electrons. The molecule has 106 valence electrons. The second kappa shape index (κ2) is 6.01. The van der Waals surface area contributed by atoms with Crippen molar-refractivity contribution in [3.63, 3.8) is 0 Å². The van der Waals surface area contributed by atoms with Crippen LogP contribution in [0.1, 0.15) is 18.6 Å². The van der Waals surface area contributed by atoms with Crippen molar-refractivity contribution in [2.24, 2.45) is 0 Å². The van der Waals surface area contributed by atoms with E-state index in [9.17, 15) is 4.39 Å². The van der Waals surface area contributed by atoms with Crippen molar-refractivity contribution in [3.8, 4) is 11.5 Å². The van der Waals surface area contributed by atoms with E-state index in [-0.39, 0.29) is 11.9 Å². The van der Waals surface area contributed by atoms with Gasteiger partial charge in [0.15, 0.2) is 0 Å². The van der Waals surface area contributed by atoms with Crippen LogP contribution in [0.15, 0.2) is 36.4 Å². The summed E-state index contributed by atoms with van der Waals surface area (Å²) in [6.45, 7) is 1.85. The molecule has 0 heterocycles. The van der Waals surface area contributed by atoms with E-state index < -0.39 is 0 Å². The third-order valence-electron chi connectivity index (χ3n) is 2.91. The monoisotopic (exact) mass is 295 g/mol. The fourth-order valence-electron chi connectivity index (χ4n) is 1.88. The Morgan fingerprint density at radius 2 is 1.95 bits per heavy atom. The molecule has 1 unspecified atom stereocenters. The number of ether oxygens (including phenoxy) is 2. The normalized spacial score (nSPS) is 12.0. The molecular weight excluding hydrogens is 281 g/mol. The van der Waals surface area contributed by atoms with Crippen molar-refractivity contribution in [3.05, 3.63) is 52.8 Å². The quantitative estimate of drug-likeness (QED) is 0.859. The molecule has 0 aliphatic heterocycles. The Balaban J connectivity index is 2.23. The fraction of sp³-hybridized carbons (Fsp3) is 0.200. The van der Waals surface area contributed by atoms with Crippen LogP contribution in [0.5, 0.6) is 11.5 Å². The SMILES string of the molecule is COc1cc(F)ccc1C(C)Oc1ccc(Cl)c(N)c1. The number of nitrogen functional groups attached to an aromatic ring is 1. The van der Waals surface area contributed by atoms with Gasteiger partial charge in [-0.15, -0.1) is 0 Å². The molecular formula is C15H15ClFNO2. The van der Waals surface area contributed by atoms with Crippen LogP contribution in [0.2, 0.25) is 5.02 Å². The van der Waals surface area contributed by atoms with Crippen molar-refractivity contribution in [2.45, 2.75) is 13.0 Å². The zero-order valence-electron chi connectivity index (χ0n) is 11.2. The molecule has 0 saturated carbocycles. The lowest BCUT2D eigenvalue weighted by molar-refractivity contribution is 0.221. The number of hydrogen-bond donors (Lipinski definition) is 1. The van der Waals surface area contributed by atoms with E-state index in [0.717, 1.165) is 5.56 Å². The Morgan fingerprint density at radius 3 is 2.60 bits per heavy atom. The summed E-state index contributed by atoms with van der Waals surface area (Å²) in [6, 6.07) is 9.37. The minimum absolute atomic E-state index is 0.314. The molecule has 0 amide bonds. The van der Waals surface area contributed by atoms with Gasteiger partial charge in [-0.1, -0.05) is 11.6 Å². The highest BCUT2D eigenvalue weighted by molar-refractivity contribution is 6.33. The first-order chi connectivity index (χ1) is 9.51. The molecule has 0 spiro atoms. The third kappa shape index (κ3) is 3.14. The standard InChI is InChI=1S/C15H15ClFNO2/c1-9(12-5-3-10(17)7-15(12)19-2)20-11-4-6-13(16)14(18)8-11/h3-9H,18H2,1-2H3. The molecule has 2 rings (SSSR count). The van der Waals surface area contributed by atoms with Gasteiger partial charge < -0.3 is 15.2 Å². The van der Waals surface area contributed by atoms with Crippen LogP contribution in [0.25, 0.3) is 0 Å². The number of nitrogens with two attached hydrogens (primary N) is 1. The highest BCUT2D eigenvalue weighted by Gasteiger charge is 2.14. The Morgan fingerprint density at radius 1 is 1.20 bits per heavy atom. The molecule has 1 atom stereocenters. The maximum atomic E-state index is 13.2. The van der Waals surface area contributed by atoms with Crippen molar-refractivity contribution >= 4 is 17.3 Å². The van der Waals surface area contributed by atoms with Crippen molar-refractivity contribution < 1.29 is 13.9 Å². The van der Waals surface area contributed by atoms with Crippen molar-refractivity contribution in [2.75, 3.05) is 12.8 Å². The summed E-state index contributed by atoms with van der Waals surface area (Å²) in [4.78, 5) is 0. The van der Waals surface area contributed by atoms with Gasteiger partial charge in [-0.2, -0.15) is 0 Å². The largest absolute Gasteiger partial charge is 0.496 e. The van der Waals surface area contributed by atoms with E-state index in [1.165, 1.54) is 19.2 Å². The van der Waals surface area contributed by atoms with Gasteiger partial charge in [0.25, 0.3) is 0 Å². The predicted molar refractivity (Wildman–Crippen MR) is 77.9 cm³/mol. The first kappa shape index (κ1) is 14.5. The van der Waals surface area contributed by atoms with Crippen LogP contribution in [0.3, 0.4) is 0 Å². The Kier molecular flexibility index (Phi) is 4.35. The van der Waals surface area contributed by atoms with E-state index in [4.69, 9.17) is 26.8 Å². The van der Waals surface area contributed by atoms with E-state index >= 15 is 0 Å². The smallest absolute Gasteiger partial charge is 0.128 e. The maximum absolute atomic E-state index is 13.2. The van der Waals surface area contributed by atoms with E-state index in [1.54, 1.807) is 24.3 Å². The first-order valence-electron chi connectivity index (χ1n) is 6.06. The van der Waals surface area contributed by atoms with E-state index in [2.05, 4.69) is 0 Å². The van der Waals surface area contributed by atoms with Gasteiger partial charge in [0.1, 0.15) is 23.4 Å². The Bertz CT molecular complexity index is 619. The number of rotatable bonds is 4. The second-order valence-corrected chi connectivity index (χ2v) is 4.74. The van der Waals surface area contributed by atoms with Crippen molar-refractivity contribution in [1.29, 1.82) is 0 Å². The Hall–Kier alpha value is -1.94. The number of benzene rings is 2. The number of anilines is 1. The molecule has 2 aromatic rings. The number of methoxy groups -OCH3 is 1. The summed E-state index contributed by atoms with van der Waals surface area (Å²) in [5.74, 6) is 0.679. The lowest BCUT2D eigenvalue weighted by atomic mass is 10.1. The molecule has 0 saturated heterocycles. The van der Waals surface area contributed by atoms with Crippen LogP contribution >= 0.6 is 11.6 Å². The first-order valence-corrected chi connectivity index (χ1v) is 6.44. The van der Waals surface area contributed by atoms with Gasteiger partial charge in [0.05, 0.1) is 17.8 Å². The molecule has 0 fully saturated rings. The van der Waals surface area contributed by atoms with E-state index in [1.807, 2.05) is 6.92 Å². The highest BCUT2D eigenvalue weighted by Crippen LogP contribution is 2.31. The molecule has 0 aliphatic rings. The molecule has 3 nitrogen and oxygen atoms in total. The molecule has 20 heavy (non-hydrogen) atoms. The lowest BCUT2D eigenvalue weighted by Gasteiger charge is -2.18. The fourth-order valence-corrected chi connectivity index (χ4v) is 2.00. The number of halogens is 2. The van der Waals surface area contributed by atoms with Gasteiger partial charge in [-0.25, -0.2) is 4.39 Å². The lowest BCUT2D eigenvalue weighted by Crippen LogP contribution is -2.06. The molecule has 2 aromatic carbocycles. The molecule has 5 heteroatoms. The summed E-state index contributed by atoms with van der Waals surface area (Å²) in [7, 11) is 1.49. The van der Waals surface area contributed by atoms with Gasteiger partial charge in [0.2, 0.25) is 0 Å². The molecule has 0 aliphatic carbocycles. The van der Waals surface area contributed by atoms with Crippen LogP contribution in [-0.4, -0.2) is 7.11 Å². The minimum Gasteiger partial charge on any atom is -0.496 e. The van der Waals surface area contributed by atoms with Gasteiger partial charge in [0, 0.05) is 17.7 Å². The van der Waals surface area contributed by atoms with Crippen molar-refractivity contribution in [1.82, 2.24) is 0 Å². The van der Waals surface area contributed by atoms with Crippen LogP contribution in [0, 0.1) is 5.82 Å². The van der Waals surface area contributed by atoms with Crippen LogP contribution in [0.4, 0.5) is 10.1 Å². The zero-order valence-corrected chi connectivity index (χ0v) is 11.9. The summed E-state index contributed by atoms with van der Waals surface area (Å²) in [5, 5.41) is 0.476. The summed E-state index contributed by atoms with van der Waals surface area (Å²) in [5.41, 5.74) is 6.92. The third-order valence-corrected chi connectivity index (χ3v) is 3.26. The predicted octanol–water partition coefficient (Wildman–Crippen LogP) is 4.21. The Labute approximate surface area is 122 Å².